The molecule has 0 radical (unpaired) electrons. The number of rotatable bonds is 8. The highest BCUT2D eigenvalue weighted by molar-refractivity contribution is 5.96. The van der Waals surface area contributed by atoms with Crippen LogP contribution in [-0.4, -0.2) is 27.1 Å². The quantitative estimate of drug-likeness (QED) is 0.559. The van der Waals surface area contributed by atoms with Crippen LogP contribution in [0, 0.1) is 13.8 Å². The lowest BCUT2D eigenvalue weighted by molar-refractivity contribution is -0.153. The number of fused-ring (bicyclic) bond motifs is 1. The number of aromatic nitrogens is 2. The molecule has 0 unspecified atom stereocenters. The second-order valence-electron chi connectivity index (χ2n) is 7.71. The zero-order valence-electron chi connectivity index (χ0n) is 18.5. The van der Waals surface area contributed by atoms with Crippen molar-refractivity contribution in [3.8, 4) is 0 Å². The predicted molar refractivity (Wildman–Crippen MR) is 121 cm³/mol. The van der Waals surface area contributed by atoms with E-state index >= 15 is 0 Å². The lowest BCUT2D eigenvalue weighted by Crippen LogP contribution is -2.31. The predicted octanol–water partition coefficient (Wildman–Crippen LogP) is 3.79. The van der Waals surface area contributed by atoms with Crippen LogP contribution in [0.4, 0.5) is 5.69 Å². The maximum atomic E-state index is 12.8. The first-order valence-electron chi connectivity index (χ1n) is 10.6. The van der Waals surface area contributed by atoms with Crippen LogP contribution in [0.15, 0.2) is 47.3 Å². The van der Waals surface area contributed by atoms with E-state index in [0.29, 0.717) is 6.54 Å². The standard InChI is InChI=1S/C24H29N3O4/c1-5-14-26-19-11-6-7-12-20(19)27(24(26)30)15-13-21(28)31-18(4)23(29)25-22-16(2)9-8-10-17(22)3/h6-12,18H,5,13-15H2,1-4H3,(H,25,29)/t18-/m0/s1. The van der Waals surface area contributed by atoms with Crippen LogP contribution in [0.5, 0.6) is 0 Å². The van der Waals surface area contributed by atoms with Crippen molar-refractivity contribution in [2.75, 3.05) is 5.32 Å². The van der Waals surface area contributed by atoms with Gasteiger partial charge >= 0.3 is 11.7 Å². The number of carbonyl (C=O) groups is 2. The van der Waals surface area contributed by atoms with Crippen molar-refractivity contribution in [1.29, 1.82) is 0 Å². The minimum Gasteiger partial charge on any atom is -0.452 e. The summed E-state index contributed by atoms with van der Waals surface area (Å²) in [5.74, 6) is -0.911. The second-order valence-corrected chi connectivity index (χ2v) is 7.71. The third kappa shape index (κ3) is 4.87. The molecule has 0 aliphatic carbocycles. The molecule has 0 aliphatic heterocycles. The molecule has 0 bridgehead atoms. The molecular weight excluding hydrogens is 394 g/mol. The average molecular weight is 424 g/mol. The Morgan fingerprint density at radius 2 is 1.55 bits per heavy atom. The van der Waals surface area contributed by atoms with E-state index in [1.807, 2.05) is 63.2 Å². The van der Waals surface area contributed by atoms with Gasteiger partial charge in [0.15, 0.2) is 6.10 Å². The molecule has 7 heteroatoms. The molecule has 1 heterocycles. The van der Waals surface area contributed by atoms with Gasteiger partial charge in [-0.1, -0.05) is 37.3 Å². The Kier molecular flexibility index (Phi) is 6.95. The zero-order valence-corrected chi connectivity index (χ0v) is 18.5. The summed E-state index contributed by atoms with van der Waals surface area (Å²) in [4.78, 5) is 37.7. The second kappa shape index (κ2) is 9.64. The molecule has 0 aliphatic rings. The van der Waals surface area contributed by atoms with Crippen molar-refractivity contribution < 1.29 is 14.3 Å². The number of aryl methyl sites for hydroxylation is 4. The van der Waals surface area contributed by atoms with Gasteiger partial charge in [-0.05, 0) is 50.5 Å². The fraction of sp³-hybridized carbons (Fsp3) is 0.375. The highest BCUT2D eigenvalue weighted by Crippen LogP contribution is 2.20. The number of ether oxygens (including phenoxy) is 1. The fourth-order valence-corrected chi connectivity index (χ4v) is 3.68. The molecule has 1 atom stereocenters. The van der Waals surface area contributed by atoms with E-state index in [1.165, 1.54) is 0 Å². The summed E-state index contributed by atoms with van der Waals surface area (Å²) in [5, 5.41) is 2.83. The van der Waals surface area contributed by atoms with Gasteiger partial charge in [0.2, 0.25) is 0 Å². The number of hydrogen-bond donors (Lipinski definition) is 1. The van der Waals surface area contributed by atoms with Crippen molar-refractivity contribution in [1.82, 2.24) is 9.13 Å². The highest BCUT2D eigenvalue weighted by atomic mass is 16.5. The van der Waals surface area contributed by atoms with E-state index in [-0.39, 0.29) is 24.6 Å². The SMILES string of the molecule is CCCn1c(=O)n(CCC(=O)O[C@@H](C)C(=O)Nc2c(C)cccc2C)c2ccccc21. The van der Waals surface area contributed by atoms with Crippen molar-refractivity contribution in [2.45, 2.75) is 59.7 Å². The summed E-state index contributed by atoms with van der Waals surface area (Å²) in [6.07, 6.45) is -0.103. The highest BCUT2D eigenvalue weighted by Gasteiger charge is 2.20. The van der Waals surface area contributed by atoms with E-state index in [9.17, 15) is 14.4 Å². The van der Waals surface area contributed by atoms with Crippen LogP contribution in [0.2, 0.25) is 0 Å². The van der Waals surface area contributed by atoms with Crippen LogP contribution < -0.4 is 11.0 Å². The van der Waals surface area contributed by atoms with Gasteiger partial charge in [0.05, 0.1) is 17.5 Å². The van der Waals surface area contributed by atoms with Crippen molar-refractivity contribution in [3.63, 3.8) is 0 Å². The Morgan fingerprint density at radius 3 is 2.13 bits per heavy atom. The molecule has 3 rings (SSSR count). The molecule has 31 heavy (non-hydrogen) atoms. The Hall–Kier alpha value is -3.35. The van der Waals surface area contributed by atoms with E-state index in [4.69, 9.17) is 4.74 Å². The van der Waals surface area contributed by atoms with Crippen molar-refractivity contribution >= 4 is 28.6 Å². The Bertz CT molecular complexity index is 1140. The Balaban J connectivity index is 1.65. The first-order chi connectivity index (χ1) is 14.8. The van der Waals surface area contributed by atoms with Gasteiger partial charge in [0.1, 0.15) is 0 Å². The molecule has 0 saturated heterocycles. The third-order valence-electron chi connectivity index (χ3n) is 5.32. The number of carbonyl (C=O) groups excluding carboxylic acids is 2. The number of hydrogen-bond acceptors (Lipinski definition) is 4. The largest absolute Gasteiger partial charge is 0.452 e. The van der Waals surface area contributed by atoms with Crippen LogP contribution in [0.1, 0.15) is 37.8 Å². The minimum absolute atomic E-state index is 0.00104. The normalized spacial score (nSPS) is 12.0. The molecule has 0 saturated carbocycles. The molecule has 7 nitrogen and oxygen atoms in total. The van der Waals surface area contributed by atoms with E-state index in [0.717, 1.165) is 34.3 Å². The molecule has 2 aromatic carbocycles. The van der Waals surface area contributed by atoms with E-state index in [2.05, 4.69) is 5.32 Å². The molecule has 1 amide bonds. The van der Waals surface area contributed by atoms with Crippen LogP contribution in [0.25, 0.3) is 11.0 Å². The van der Waals surface area contributed by atoms with Crippen molar-refractivity contribution in [2.24, 2.45) is 0 Å². The molecule has 3 aromatic rings. The van der Waals surface area contributed by atoms with Crippen molar-refractivity contribution in [3.05, 3.63) is 64.1 Å². The van der Waals surface area contributed by atoms with Crippen LogP contribution in [0.3, 0.4) is 0 Å². The lowest BCUT2D eigenvalue weighted by Gasteiger charge is -2.16. The number of esters is 1. The average Bonchev–Trinajstić information content (AvgIpc) is 3.00. The minimum atomic E-state index is -0.940. The number of amides is 1. The van der Waals surface area contributed by atoms with Crippen LogP contribution in [-0.2, 0) is 27.4 Å². The van der Waals surface area contributed by atoms with Gasteiger partial charge in [-0.3, -0.25) is 18.7 Å². The summed E-state index contributed by atoms with van der Waals surface area (Å²) in [6, 6.07) is 13.3. The number of nitrogens with one attached hydrogen (secondary N) is 1. The van der Waals surface area contributed by atoms with E-state index < -0.39 is 12.1 Å². The number of benzene rings is 2. The molecular formula is C24H29N3O4. The maximum Gasteiger partial charge on any atom is 0.329 e. The van der Waals surface area contributed by atoms with Gasteiger partial charge in [-0.15, -0.1) is 0 Å². The summed E-state index contributed by atoms with van der Waals surface area (Å²) in [5.41, 5.74) is 4.10. The smallest absolute Gasteiger partial charge is 0.329 e. The summed E-state index contributed by atoms with van der Waals surface area (Å²) >= 11 is 0. The Morgan fingerprint density at radius 1 is 0.968 bits per heavy atom. The number of anilines is 1. The zero-order chi connectivity index (χ0) is 22.5. The van der Waals surface area contributed by atoms with Gasteiger partial charge in [0.25, 0.3) is 5.91 Å². The summed E-state index contributed by atoms with van der Waals surface area (Å²) in [7, 11) is 0. The van der Waals surface area contributed by atoms with Crippen LogP contribution >= 0.6 is 0 Å². The van der Waals surface area contributed by atoms with Gasteiger partial charge < -0.3 is 10.1 Å². The van der Waals surface area contributed by atoms with Gasteiger partial charge in [-0.25, -0.2) is 4.79 Å². The molecule has 164 valence electrons. The molecule has 0 fully saturated rings. The van der Waals surface area contributed by atoms with E-state index in [1.54, 1.807) is 16.1 Å². The topological polar surface area (TPSA) is 82.3 Å². The van der Waals surface area contributed by atoms with Gasteiger partial charge in [0, 0.05) is 18.8 Å². The first kappa shape index (κ1) is 22.3. The lowest BCUT2D eigenvalue weighted by atomic mass is 10.1. The number of para-hydroxylation sites is 3. The summed E-state index contributed by atoms with van der Waals surface area (Å²) < 4.78 is 8.63. The molecule has 1 N–H and O–H groups in total. The fourth-order valence-electron chi connectivity index (χ4n) is 3.68. The monoisotopic (exact) mass is 423 g/mol. The third-order valence-corrected chi connectivity index (χ3v) is 5.32. The summed E-state index contributed by atoms with van der Waals surface area (Å²) in [6.45, 7) is 8.19. The maximum absolute atomic E-state index is 12.8. The number of nitrogens with zero attached hydrogens (tertiary/aromatic N) is 2. The molecule has 0 spiro atoms. The van der Waals surface area contributed by atoms with Gasteiger partial charge in [-0.2, -0.15) is 0 Å². The molecule has 1 aromatic heterocycles. The Labute approximate surface area is 181 Å². The number of imidazole rings is 1. The first-order valence-corrected chi connectivity index (χ1v) is 10.6.